The fourth-order valence-corrected chi connectivity index (χ4v) is 2.27. The number of anilines is 2. The molecular formula is C13H16F3N3O. The SMILES string of the molecule is CN1CC(Nc2ccc(N)cc2C(F)(F)F)CCC1=O. The summed E-state index contributed by atoms with van der Waals surface area (Å²) in [6, 6.07) is 3.48. The predicted molar refractivity (Wildman–Crippen MR) is 70.1 cm³/mol. The van der Waals surface area contributed by atoms with Gasteiger partial charge in [-0.25, -0.2) is 0 Å². The van der Waals surface area contributed by atoms with Crippen molar-refractivity contribution >= 4 is 17.3 Å². The van der Waals surface area contributed by atoms with Crippen LogP contribution in [0.25, 0.3) is 0 Å². The summed E-state index contributed by atoms with van der Waals surface area (Å²) in [7, 11) is 1.64. The van der Waals surface area contributed by atoms with Gasteiger partial charge in [0.05, 0.1) is 5.56 Å². The van der Waals surface area contributed by atoms with E-state index in [9.17, 15) is 18.0 Å². The number of hydrogen-bond acceptors (Lipinski definition) is 3. The lowest BCUT2D eigenvalue weighted by Gasteiger charge is -2.31. The highest BCUT2D eigenvalue weighted by molar-refractivity contribution is 5.77. The Hall–Kier alpha value is -1.92. The van der Waals surface area contributed by atoms with E-state index in [1.54, 1.807) is 7.05 Å². The first-order valence-electron chi connectivity index (χ1n) is 6.24. The Bertz CT molecular complexity index is 516. The highest BCUT2D eigenvalue weighted by atomic mass is 19.4. The summed E-state index contributed by atoms with van der Waals surface area (Å²) in [6.45, 7) is 0.389. The van der Waals surface area contributed by atoms with Crippen molar-refractivity contribution < 1.29 is 18.0 Å². The van der Waals surface area contributed by atoms with E-state index in [0.717, 1.165) is 6.07 Å². The van der Waals surface area contributed by atoms with Gasteiger partial charge < -0.3 is 16.0 Å². The molecule has 0 aliphatic carbocycles. The van der Waals surface area contributed by atoms with Crippen molar-refractivity contribution in [3.05, 3.63) is 23.8 Å². The molecule has 0 radical (unpaired) electrons. The lowest BCUT2D eigenvalue weighted by Crippen LogP contribution is -2.43. The maximum atomic E-state index is 13.0. The largest absolute Gasteiger partial charge is 0.418 e. The summed E-state index contributed by atoms with van der Waals surface area (Å²) in [4.78, 5) is 12.9. The molecule has 1 heterocycles. The number of benzene rings is 1. The number of nitrogen functional groups attached to an aromatic ring is 1. The van der Waals surface area contributed by atoms with Crippen LogP contribution >= 0.6 is 0 Å². The quantitative estimate of drug-likeness (QED) is 0.821. The maximum absolute atomic E-state index is 13.0. The molecule has 7 heteroatoms. The number of nitrogens with two attached hydrogens (primary N) is 1. The van der Waals surface area contributed by atoms with E-state index >= 15 is 0 Å². The van der Waals surface area contributed by atoms with Crippen LogP contribution in [0.5, 0.6) is 0 Å². The topological polar surface area (TPSA) is 58.4 Å². The van der Waals surface area contributed by atoms with Crippen molar-refractivity contribution in [2.75, 3.05) is 24.6 Å². The number of likely N-dealkylation sites (N-methyl/N-ethyl adjacent to an activating group) is 1. The summed E-state index contributed by atoms with van der Waals surface area (Å²) >= 11 is 0. The number of hydrogen-bond donors (Lipinski definition) is 2. The van der Waals surface area contributed by atoms with Gasteiger partial charge in [-0.3, -0.25) is 4.79 Å². The lowest BCUT2D eigenvalue weighted by atomic mass is 10.0. The zero-order chi connectivity index (χ0) is 14.9. The minimum atomic E-state index is -4.46. The van der Waals surface area contributed by atoms with Crippen LogP contribution < -0.4 is 11.1 Å². The molecule has 1 aromatic carbocycles. The van der Waals surface area contributed by atoms with Crippen LogP contribution in [0.3, 0.4) is 0 Å². The highest BCUT2D eigenvalue weighted by Gasteiger charge is 2.34. The van der Waals surface area contributed by atoms with Crippen LogP contribution in [-0.2, 0) is 11.0 Å². The number of nitrogens with one attached hydrogen (secondary N) is 1. The molecular weight excluding hydrogens is 271 g/mol. The van der Waals surface area contributed by atoms with Crippen molar-refractivity contribution in [1.29, 1.82) is 0 Å². The second kappa shape index (κ2) is 5.22. The molecule has 1 aliphatic heterocycles. The first-order valence-corrected chi connectivity index (χ1v) is 6.24. The minimum Gasteiger partial charge on any atom is -0.399 e. The van der Waals surface area contributed by atoms with Gasteiger partial charge in [-0.05, 0) is 24.6 Å². The van der Waals surface area contributed by atoms with Crippen LogP contribution in [0, 0.1) is 0 Å². The van der Waals surface area contributed by atoms with E-state index in [2.05, 4.69) is 5.32 Å². The number of rotatable bonds is 2. The summed E-state index contributed by atoms with van der Waals surface area (Å²) < 4.78 is 38.9. The van der Waals surface area contributed by atoms with Crippen LogP contribution in [0.2, 0.25) is 0 Å². The molecule has 1 aromatic rings. The molecule has 0 saturated carbocycles. The van der Waals surface area contributed by atoms with Gasteiger partial charge in [-0.1, -0.05) is 0 Å². The van der Waals surface area contributed by atoms with Crippen molar-refractivity contribution in [1.82, 2.24) is 4.90 Å². The molecule has 0 aromatic heterocycles. The Labute approximate surface area is 114 Å². The number of nitrogens with zero attached hydrogens (tertiary/aromatic N) is 1. The molecule has 1 amide bonds. The Morgan fingerprint density at radius 2 is 2.10 bits per heavy atom. The van der Waals surface area contributed by atoms with Crippen LogP contribution in [0.1, 0.15) is 18.4 Å². The zero-order valence-electron chi connectivity index (χ0n) is 11.0. The fourth-order valence-electron chi connectivity index (χ4n) is 2.27. The molecule has 4 nitrogen and oxygen atoms in total. The Balaban J connectivity index is 2.19. The monoisotopic (exact) mass is 287 g/mol. The molecule has 1 saturated heterocycles. The van der Waals surface area contributed by atoms with Crippen molar-refractivity contribution in [3.8, 4) is 0 Å². The minimum absolute atomic E-state index is 0.000510. The Morgan fingerprint density at radius 1 is 1.40 bits per heavy atom. The number of alkyl halides is 3. The van der Waals surface area contributed by atoms with Gasteiger partial charge in [0.15, 0.2) is 0 Å². The third kappa shape index (κ3) is 3.15. The van der Waals surface area contributed by atoms with Gasteiger partial charge >= 0.3 is 6.18 Å². The third-order valence-electron chi connectivity index (χ3n) is 3.34. The van der Waals surface area contributed by atoms with Gasteiger partial charge in [0, 0.05) is 37.4 Å². The summed E-state index contributed by atoms with van der Waals surface area (Å²) in [5.74, 6) is 0.0106. The van der Waals surface area contributed by atoms with E-state index in [4.69, 9.17) is 5.73 Å². The van der Waals surface area contributed by atoms with E-state index < -0.39 is 11.7 Å². The normalized spacial score (nSPS) is 20.1. The Morgan fingerprint density at radius 3 is 2.70 bits per heavy atom. The number of likely N-dealkylation sites (tertiary alicyclic amines) is 1. The molecule has 1 fully saturated rings. The second-order valence-electron chi connectivity index (χ2n) is 4.96. The molecule has 1 aliphatic rings. The molecule has 0 bridgehead atoms. The number of carbonyl (C=O) groups excluding carboxylic acids is 1. The Kier molecular flexibility index (Phi) is 3.78. The van der Waals surface area contributed by atoms with Gasteiger partial charge in [0.25, 0.3) is 0 Å². The van der Waals surface area contributed by atoms with Crippen LogP contribution in [-0.4, -0.2) is 30.4 Å². The second-order valence-corrected chi connectivity index (χ2v) is 4.96. The van der Waals surface area contributed by atoms with Gasteiger partial charge in [-0.15, -0.1) is 0 Å². The van der Waals surface area contributed by atoms with Crippen molar-refractivity contribution in [3.63, 3.8) is 0 Å². The molecule has 1 unspecified atom stereocenters. The van der Waals surface area contributed by atoms with Crippen LogP contribution in [0.15, 0.2) is 18.2 Å². The average molecular weight is 287 g/mol. The number of halogens is 3. The molecule has 1 atom stereocenters. The predicted octanol–water partition coefficient (Wildman–Crippen LogP) is 2.32. The number of piperidine rings is 1. The average Bonchev–Trinajstić information content (AvgIpc) is 2.35. The molecule has 2 rings (SSSR count). The van der Waals surface area contributed by atoms with Gasteiger partial charge in [-0.2, -0.15) is 13.2 Å². The smallest absolute Gasteiger partial charge is 0.399 e. The molecule has 20 heavy (non-hydrogen) atoms. The lowest BCUT2D eigenvalue weighted by molar-refractivity contribution is -0.137. The first kappa shape index (κ1) is 14.5. The zero-order valence-corrected chi connectivity index (χ0v) is 11.0. The maximum Gasteiger partial charge on any atom is 0.418 e. The standard InChI is InChI=1S/C13H16F3N3O/c1-19-7-9(3-5-12(19)20)18-11-4-2-8(17)6-10(11)13(14,15)16/h2,4,6,9,18H,3,5,7,17H2,1H3. The van der Waals surface area contributed by atoms with Crippen molar-refractivity contribution in [2.45, 2.75) is 25.1 Å². The molecule has 3 N–H and O–H groups in total. The van der Waals surface area contributed by atoms with E-state index in [1.165, 1.54) is 17.0 Å². The van der Waals surface area contributed by atoms with Gasteiger partial charge in [0.2, 0.25) is 5.91 Å². The number of amides is 1. The van der Waals surface area contributed by atoms with Crippen LogP contribution in [0.4, 0.5) is 24.5 Å². The third-order valence-corrected chi connectivity index (χ3v) is 3.34. The van der Waals surface area contributed by atoms with E-state index in [1.807, 2.05) is 0 Å². The molecule has 0 spiro atoms. The van der Waals surface area contributed by atoms with E-state index in [-0.39, 0.29) is 23.3 Å². The number of carbonyl (C=O) groups is 1. The fraction of sp³-hybridized carbons (Fsp3) is 0.462. The summed E-state index contributed by atoms with van der Waals surface area (Å²) in [6.07, 6.45) is -3.61. The van der Waals surface area contributed by atoms with Gasteiger partial charge in [0.1, 0.15) is 0 Å². The molecule has 110 valence electrons. The first-order chi connectivity index (χ1) is 9.27. The van der Waals surface area contributed by atoms with Crippen molar-refractivity contribution in [2.24, 2.45) is 0 Å². The van der Waals surface area contributed by atoms with E-state index in [0.29, 0.717) is 19.4 Å². The summed E-state index contributed by atoms with van der Waals surface area (Å²) in [5, 5.41) is 2.86. The highest BCUT2D eigenvalue weighted by Crippen LogP contribution is 2.36. The summed E-state index contributed by atoms with van der Waals surface area (Å²) in [5.41, 5.74) is 4.70.